The zero-order chi connectivity index (χ0) is 30.2. The van der Waals surface area contributed by atoms with Crippen molar-refractivity contribution >= 4 is 0 Å². The first-order valence-corrected chi connectivity index (χ1v) is 18.3. The van der Waals surface area contributed by atoms with Crippen molar-refractivity contribution in [2.24, 2.45) is 52.3 Å². The van der Waals surface area contributed by atoms with Crippen LogP contribution >= 0.6 is 0 Å². The summed E-state index contributed by atoms with van der Waals surface area (Å²) in [5.41, 5.74) is 2.07. The van der Waals surface area contributed by atoms with Gasteiger partial charge in [0, 0.05) is 6.61 Å². The Labute approximate surface area is 263 Å². The van der Waals surface area contributed by atoms with Gasteiger partial charge >= 0.3 is 0 Å². The molecule has 12 atom stereocenters. The predicted molar refractivity (Wildman–Crippen MR) is 173 cm³/mol. The van der Waals surface area contributed by atoms with Gasteiger partial charge in [-0.1, -0.05) is 65.0 Å². The molecule has 1 aromatic rings. The Morgan fingerprint density at radius 3 is 2.40 bits per heavy atom. The highest BCUT2D eigenvalue weighted by atomic mass is 16.7. The Kier molecular flexibility index (Phi) is 10.00. The molecule has 4 heteroatoms. The summed E-state index contributed by atoms with van der Waals surface area (Å²) in [6.45, 7) is 13.7. The summed E-state index contributed by atoms with van der Waals surface area (Å²) in [6.07, 6.45) is 16.3. The summed E-state index contributed by atoms with van der Waals surface area (Å²) < 4.78 is 19.7. The molecule has 0 aromatic heterocycles. The summed E-state index contributed by atoms with van der Waals surface area (Å²) >= 11 is 0. The van der Waals surface area contributed by atoms with Gasteiger partial charge in [0.1, 0.15) is 0 Å². The van der Waals surface area contributed by atoms with E-state index in [1.807, 2.05) is 0 Å². The SMILES string of the molecule is CC(C)C(O)CC[C@H](C)[C@H]1CCC2C3C(OCc4ccccc4)CC4C[C@@H](OC5CCCCO5)CC[C@]4(C)C3CC[C@@]21C. The second-order valence-corrected chi connectivity index (χ2v) is 16.5. The van der Waals surface area contributed by atoms with Gasteiger partial charge in [0.2, 0.25) is 0 Å². The van der Waals surface area contributed by atoms with E-state index in [0.717, 1.165) is 50.2 Å². The van der Waals surface area contributed by atoms with Gasteiger partial charge in [-0.25, -0.2) is 0 Å². The maximum Gasteiger partial charge on any atom is 0.157 e. The lowest BCUT2D eigenvalue weighted by Gasteiger charge is -2.63. The number of benzene rings is 1. The monoisotopic (exact) mass is 594 g/mol. The fraction of sp³-hybridized carbons (Fsp3) is 0.846. The van der Waals surface area contributed by atoms with E-state index in [0.29, 0.717) is 46.7 Å². The molecule has 0 bridgehead atoms. The molecule has 1 N–H and O–H groups in total. The van der Waals surface area contributed by atoms with Crippen molar-refractivity contribution in [3.05, 3.63) is 35.9 Å². The minimum absolute atomic E-state index is 0.0130. The topological polar surface area (TPSA) is 47.9 Å². The Bertz CT molecular complexity index is 1020. The fourth-order valence-corrected chi connectivity index (χ4v) is 11.2. The largest absolute Gasteiger partial charge is 0.393 e. The van der Waals surface area contributed by atoms with Gasteiger partial charge in [-0.2, -0.15) is 0 Å². The first-order valence-electron chi connectivity index (χ1n) is 18.3. The van der Waals surface area contributed by atoms with Crippen LogP contribution in [0.4, 0.5) is 0 Å². The van der Waals surface area contributed by atoms with Crippen molar-refractivity contribution in [3.8, 4) is 0 Å². The third-order valence-corrected chi connectivity index (χ3v) is 13.8. The summed E-state index contributed by atoms with van der Waals surface area (Å²) in [5, 5.41) is 10.6. The van der Waals surface area contributed by atoms with Crippen LogP contribution in [0.15, 0.2) is 30.3 Å². The van der Waals surface area contributed by atoms with E-state index in [9.17, 15) is 5.11 Å². The Hall–Kier alpha value is -0.940. The molecule has 5 fully saturated rings. The summed E-state index contributed by atoms with van der Waals surface area (Å²) in [6, 6.07) is 10.8. The van der Waals surface area contributed by atoms with Crippen molar-refractivity contribution in [3.63, 3.8) is 0 Å². The van der Waals surface area contributed by atoms with E-state index >= 15 is 0 Å². The molecule has 0 spiro atoms. The summed E-state index contributed by atoms with van der Waals surface area (Å²) in [7, 11) is 0. The second-order valence-electron chi connectivity index (χ2n) is 16.5. The van der Waals surface area contributed by atoms with Crippen LogP contribution in [-0.4, -0.2) is 36.3 Å². The van der Waals surface area contributed by atoms with Gasteiger partial charge in [0.05, 0.1) is 24.9 Å². The minimum atomic E-state index is -0.169. The molecular weight excluding hydrogens is 532 g/mol. The van der Waals surface area contributed by atoms with Crippen molar-refractivity contribution < 1.29 is 19.3 Å². The highest BCUT2D eigenvalue weighted by molar-refractivity contribution is 5.15. The zero-order valence-electron chi connectivity index (χ0n) is 28.0. The fourth-order valence-electron chi connectivity index (χ4n) is 11.2. The average molecular weight is 595 g/mol. The number of hydrogen-bond donors (Lipinski definition) is 1. The lowest BCUT2D eigenvalue weighted by Crippen LogP contribution is -2.59. The molecule has 1 heterocycles. The molecule has 43 heavy (non-hydrogen) atoms. The quantitative estimate of drug-likeness (QED) is 0.274. The molecule has 1 aliphatic heterocycles. The van der Waals surface area contributed by atoms with Crippen LogP contribution < -0.4 is 0 Å². The average Bonchev–Trinajstić information content (AvgIpc) is 3.37. The molecule has 4 saturated carbocycles. The molecule has 1 saturated heterocycles. The molecule has 4 nitrogen and oxygen atoms in total. The second kappa shape index (κ2) is 13.4. The van der Waals surface area contributed by atoms with E-state index in [4.69, 9.17) is 14.2 Å². The molecule has 5 aliphatic rings. The third kappa shape index (κ3) is 6.51. The maximum atomic E-state index is 10.6. The summed E-state index contributed by atoms with van der Waals surface area (Å²) in [5.74, 6) is 4.59. The minimum Gasteiger partial charge on any atom is -0.393 e. The van der Waals surface area contributed by atoms with Crippen molar-refractivity contribution in [2.75, 3.05) is 6.61 Å². The number of aliphatic hydroxyl groups is 1. The predicted octanol–water partition coefficient (Wildman–Crippen LogP) is 9.19. The van der Waals surface area contributed by atoms with E-state index in [1.165, 1.54) is 69.8 Å². The molecular formula is C39H62O4. The summed E-state index contributed by atoms with van der Waals surface area (Å²) in [4.78, 5) is 0. The van der Waals surface area contributed by atoms with E-state index in [1.54, 1.807) is 0 Å². The highest BCUT2D eigenvalue weighted by Gasteiger charge is 2.63. The van der Waals surface area contributed by atoms with E-state index in [-0.39, 0.29) is 12.4 Å². The Balaban J connectivity index is 1.21. The lowest BCUT2D eigenvalue weighted by atomic mass is 9.43. The molecule has 0 radical (unpaired) electrons. The number of hydrogen-bond acceptors (Lipinski definition) is 4. The molecule has 4 aliphatic carbocycles. The van der Waals surface area contributed by atoms with Crippen molar-refractivity contribution in [1.82, 2.24) is 0 Å². The number of ether oxygens (including phenoxy) is 3. The number of aliphatic hydroxyl groups excluding tert-OH is 1. The van der Waals surface area contributed by atoms with Crippen LogP contribution in [0.3, 0.4) is 0 Å². The zero-order valence-corrected chi connectivity index (χ0v) is 28.0. The Morgan fingerprint density at radius 2 is 1.65 bits per heavy atom. The van der Waals surface area contributed by atoms with Gasteiger partial charge in [-0.15, -0.1) is 0 Å². The van der Waals surface area contributed by atoms with E-state index < -0.39 is 0 Å². The van der Waals surface area contributed by atoms with Gasteiger partial charge in [-0.05, 0) is 141 Å². The third-order valence-electron chi connectivity index (χ3n) is 13.8. The van der Waals surface area contributed by atoms with Crippen molar-refractivity contribution in [2.45, 2.75) is 149 Å². The Morgan fingerprint density at radius 1 is 0.884 bits per heavy atom. The normalized spacial score (nSPS) is 42.6. The number of fused-ring (bicyclic) bond motifs is 5. The van der Waals surface area contributed by atoms with Crippen LogP contribution in [0.5, 0.6) is 0 Å². The van der Waals surface area contributed by atoms with Crippen LogP contribution in [0.1, 0.15) is 124 Å². The smallest absolute Gasteiger partial charge is 0.157 e. The van der Waals surface area contributed by atoms with Crippen LogP contribution in [0, 0.1) is 52.3 Å². The highest BCUT2D eigenvalue weighted by Crippen LogP contribution is 2.69. The maximum absolute atomic E-state index is 10.6. The molecule has 6 rings (SSSR count). The van der Waals surface area contributed by atoms with Gasteiger partial charge in [0.15, 0.2) is 6.29 Å². The lowest BCUT2D eigenvalue weighted by molar-refractivity contribution is -0.226. The number of rotatable bonds is 10. The first kappa shape index (κ1) is 32.0. The van der Waals surface area contributed by atoms with Gasteiger partial charge < -0.3 is 19.3 Å². The van der Waals surface area contributed by atoms with Gasteiger partial charge in [-0.3, -0.25) is 0 Å². The molecule has 242 valence electrons. The van der Waals surface area contributed by atoms with Crippen LogP contribution in [-0.2, 0) is 20.8 Å². The molecule has 0 amide bonds. The molecule has 7 unspecified atom stereocenters. The molecule has 1 aromatic carbocycles. The van der Waals surface area contributed by atoms with E-state index in [2.05, 4.69) is 65.0 Å². The first-order chi connectivity index (χ1) is 20.7. The van der Waals surface area contributed by atoms with Crippen LogP contribution in [0.2, 0.25) is 0 Å². The van der Waals surface area contributed by atoms with Crippen molar-refractivity contribution in [1.29, 1.82) is 0 Å². The van der Waals surface area contributed by atoms with Crippen LogP contribution in [0.25, 0.3) is 0 Å². The van der Waals surface area contributed by atoms with Gasteiger partial charge in [0.25, 0.3) is 0 Å². The standard InChI is InChI=1S/C39H62O4/c1-26(2)34(40)17-14-27(3)31-15-16-32-37-33(19-21-39(31,32)5)38(4)20-18-30(43-36-13-9-10-22-41-36)23-29(38)24-35(37)42-25-28-11-7-6-8-12-28/h6-8,11-12,26-27,29-37,40H,9-10,13-25H2,1-5H3/t27-,29?,30-,31+,32?,33?,34?,35?,36?,37?,38-,39+/m0/s1.